The predicted molar refractivity (Wildman–Crippen MR) is 71.2 cm³/mol. The van der Waals surface area contributed by atoms with Crippen LogP contribution in [0.1, 0.15) is 41.5 Å². The van der Waals surface area contributed by atoms with E-state index in [-0.39, 0.29) is 0 Å². The second-order valence-corrected chi connectivity index (χ2v) is 2.61. The van der Waals surface area contributed by atoms with Gasteiger partial charge in [-0.25, -0.2) is 0 Å². The van der Waals surface area contributed by atoms with E-state index in [2.05, 4.69) is 38.0 Å². The fraction of sp³-hybridized carbons (Fsp3) is 1.00. The maximum atomic E-state index is 2.18. The fourth-order valence-electron chi connectivity index (χ4n) is 0.400. The van der Waals surface area contributed by atoms with Crippen LogP contribution in [0.2, 0.25) is 0 Å². The summed E-state index contributed by atoms with van der Waals surface area (Å²) in [6.07, 6.45) is 0. The highest BCUT2D eigenvalue weighted by Gasteiger charge is 1.89. The maximum absolute atomic E-state index is 2.18. The van der Waals surface area contributed by atoms with E-state index >= 15 is 0 Å². The van der Waals surface area contributed by atoms with Gasteiger partial charge in [0.2, 0.25) is 0 Å². The molecule has 0 heterocycles. The highest BCUT2D eigenvalue weighted by molar-refractivity contribution is 4.45. The average Bonchev–Trinajstić information content (AvgIpc) is 2.24. The Labute approximate surface area is 93.3 Å². The molecule has 0 spiro atoms. The van der Waals surface area contributed by atoms with Crippen LogP contribution in [-0.2, 0) is 0 Å². The monoisotopic (exact) mass is 206 g/mol. The summed E-state index contributed by atoms with van der Waals surface area (Å²) < 4.78 is 0. The van der Waals surface area contributed by atoms with Crippen LogP contribution in [0.25, 0.3) is 0 Å². The normalized spacial score (nSPS) is 7.71. The van der Waals surface area contributed by atoms with Crippen molar-refractivity contribution in [3.8, 4) is 0 Å². The first-order valence-corrected chi connectivity index (χ1v) is 5.92. The molecule has 0 rings (SSSR count). The van der Waals surface area contributed by atoms with Gasteiger partial charge in [-0.05, 0) is 28.2 Å². The SMILES string of the molecule is CC.CC.CC.CN(C)CCN(C)C. The van der Waals surface area contributed by atoms with E-state index < -0.39 is 0 Å². The average molecular weight is 206 g/mol. The van der Waals surface area contributed by atoms with Crippen molar-refractivity contribution in [1.29, 1.82) is 0 Å². The molecule has 92 valence electrons. The van der Waals surface area contributed by atoms with Crippen LogP contribution in [0.15, 0.2) is 0 Å². The summed E-state index contributed by atoms with van der Waals surface area (Å²) in [5.41, 5.74) is 0. The van der Waals surface area contributed by atoms with Crippen LogP contribution in [0, 0.1) is 0 Å². The van der Waals surface area contributed by atoms with E-state index in [1.165, 1.54) is 0 Å². The topological polar surface area (TPSA) is 6.48 Å². The molecule has 0 N–H and O–H groups in total. The zero-order valence-corrected chi connectivity index (χ0v) is 12.3. The number of nitrogens with zero attached hydrogens (tertiary/aromatic N) is 2. The van der Waals surface area contributed by atoms with Crippen molar-refractivity contribution in [3.05, 3.63) is 0 Å². The predicted octanol–water partition coefficient (Wildman–Crippen LogP) is 3.19. The molecule has 0 saturated heterocycles. The van der Waals surface area contributed by atoms with Crippen molar-refractivity contribution in [3.63, 3.8) is 0 Å². The molecule has 0 aliphatic rings. The van der Waals surface area contributed by atoms with E-state index in [0.29, 0.717) is 0 Å². The number of hydrogen-bond acceptors (Lipinski definition) is 2. The summed E-state index contributed by atoms with van der Waals surface area (Å²) in [5, 5.41) is 0. The third kappa shape index (κ3) is 58.7. The van der Waals surface area contributed by atoms with Gasteiger partial charge in [0.05, 0.1) is 0 Å². The van der Waals surface area contributed by atoms with Crippen LogP contribution in [0.3, 0.4) is 0 Å². The zero-order chi connectivity index (χ0) is 12.6. The van der Waals surface area contributed by atoms with Crippen LogP contribution < -0.4 is 0 Å². The molecule has 0 unspecified atom stereocenters. The smallest absolute Gasteiger partial charge is 0.0103 e. The first-order chi connectivity index (χ1) is 6.63. The third-order valence-electron chi connectivity index (χ3n) is 0.994. The Balaban J connectivity index is -0.0000000708. The summed E-state index contributed by atoms with van der Waals surface area (Å²) in [4.78, 5) is 4.36. The second-order valence-electron chi connectivity index (χ2n) is 2.61. The van der Waals surface area contributed by atoms with E-state index in [4.69, 9.17) is 0 Å². The van der Waals surface area contributed by atoms with Crippen LogP contribution in [0.4, 0.5) is 0 Å². The highest BCUT2D eigenvalue weighted by Crippen LogP contribution is 1.76. The minimum absolute atomic E-state index is 1.15. The van der Waals surface area contributed by atoms with E-state index in [1.54, 1.807) is 0 Å². The van der Waals surface area contributed by atoms with Gasteiger partial charge in [-0.3, -0.25) is 0 Å². The Bertz CT molecular complexity index is 44.3. The Hall–Kier alpha value is -0.0800. The van der Waals surface area contributed by atoms with Crippen molar-refractivity contribution in [2.45, 2.75) is 41.5 Å². The second kappa shape index (κ2) is 29.3. The Morgan fingerprint density at radius 1 is 0.500 bits per heavy atom. The Morgan fingerprint density at radius 3 is 0.714 bits per heavy atom. The summed E-state index contributed by atoms with van der Waals surface area (Å²) in [7, 11) is 8.35. The molecule has 0 atom stereocenters. The number of rotatable bonds is 3. The molecular weight excluding hydrogens is 172 g/mol. The maximum Gasteiger partial charge on any atom is 0.0103 e. The molecule has 2 nitrogen and oxygen atoms in total. The largest absolute Gasteiger partial charge is 0.308 e. The molecule has 0 fully saturated rings. The van der Waals surface area contributed by atoms with E-state index in [1.807, 2.05) is 41.5 Å². The standard InChI is InChI=1S/C6H16N2.3C2H6/c1-7(2)5-6-8(3)4;3*1-2/h5-6H2,1-4H3;3*1-2H3. The molecule has 14 heavy (non-hydrogen) atoms. The molecule has 0 aromatic heterocycles. The van der Waals surface area contributed by atoms with Crippen LogP contribution >= 0.6 is 0 Å². The molecule has 0 saturated carbocycles. The van der Waals surface area contributed by atoms with Gasteiger partial charge < -0.3 is 9.80 Å². The lowest BCUT2D eigenvalue weighted by molar-refractivity contribution is 0.320. The van der Waals surface area contributed by atoms with Gasteiger partial charge in [-0.15, -0.1) is 0 Å². The Morgan fingerprint density at radius 2 is 0.643 bits per heavy atom. The molecule has 2 heteroatoms. The lowest BCUT2D eigenvalue weighted by atomic mass is 10.5. The Kier molecular flexibility index (Phi) is 49.4. The molecular formula is C12H34N2. The molecule has 0 aromatic rings. The minimum atomic E-state index is 1.15. The summed E-state index contributed by atoms with van der Waals surface area (Å²) in [5.74, 6) is 0. The lowest BCUT2D eigenvalue weighted by Crippen LogP contribution is -2.25. The summed E-state index contributed by atoms with van der Waals surface area (Å²) in [6.45, 7) is 14.3. The molecule has 0 radical (unpaired) electrons. The van der Waals surface area contributed by atoms with Crippen molar-refractivity contribution in [2.75, 3.05) is 41.3 Å². The first kappa shape index (κ1) is 23.6. The van der Waals surface area contributed by atoms with Crippen molar-refractivity contribution in [2.24, 2.45) is 0 Å². The molecule has 0 bridgehead atoms. The fourth-order valence-corrected chi connectivity index (χ4v) is 0.400. The highest BCUT2D eigenvalue weighted by atomic mass is 15.1. The van der Waals surface area contributed by atoms with Gasteiger partial charge in [-0.1, -0.05) is 41.5 Å². The zero-order valence-electron chi connectivity index (χ0n) is 12.3. The molecule has 0 amide bonds. The quantitative estimate of drug-likeness (QED) is 0.700. The molecule has 0 aliphatic carbocycles. The van der Waals surface area contributed by atoms with Gasteiger partial charge in [-0.2, -0.15) is 0 Å². The van der Waals surface area contributed by atoms with Gasteiger partial charge in [0.15, 0.2) is 0 Å². The minimum Gasteiger partial charge on any atom is -0.308 e. The van der Waals surface area contributed by atoms with E-state index in [0.717, 1.165) is 13.1 Å². The van der Waals surface area contributed by atoms with Crippen molar-refractivity contribution >= 4 is 0 Å². The summed E-state index contributed by atoms with van der Waals surface area (Å²) in [6, 6.07) is 0. The molecule has 0 aromatic carbocycles. The third-order valence-corrected chi connectivity index (χ3v) is 0.994. The molecule has 0 aliphatic heterocycles. The lowest BCUT2D eigenvalue weighted by Gasteiger charge is -2.13. The van der Waals surface area contributed by atoms with Crippen molar-refractivity contribution < 1.29 is 0 Å². The van der Waals surface area contributed by atoms with Gasteiger partial charge in [0.1, 0.15) is 0 Å². The first-order valence-electron chi connectivity index (χ1n) is 5.92. The summed E-state index contributed by atoms with van der Waals surface area (Å²) >= 11 is 0. The number of hydrogen-bond donors (Lipinski definition) is 0. The van der Waals surface area contributed by atoms with Gasteiger partial charge in [0, 0.05) is 13.1 Å². The van der Waals surface area contributed by atoms with Gasteiger partial charge >= 0.3 is 0 Å². The van der Waals surface area contributed by atoms with Crippen LogP contribution in [-0.4, -0.2) is 51.1 Å². The van der Waals surface area contributed by atoms with Crippen molar-refractivity contribution in [1.82, 2.24) is 9.80 Å². The van der Waals surface area contributed by atoms with Crippen LogP contribution in [0.5, 0.6) is 0 Å². The number of likely N-dealkylation sites (N-methyl/N-ethyl adjacent to an activating group) is 2. The van der Waals surface area contributed by atoms with Gasteiger partial charge in [0.25, 0.3) is 0 Å². The van der Waals surface area contributed by atoms with E-state index in [9.17, 15) is 0 Å².